The maximum Gasteiger partial charge on any atom is 0.252 e. The molecular weight excluding hydrogens is 324 g/mol. The molecule has 0 amide bonds. The van der Waals surface area contributed by atoms with Gasteiger partial charge in [0.1, 0.15) is 4.21 Å². The summed E-state index contributed by atoms with van der Waals surface area (Å²) in [5.41, 5.74) is 6.32. The molecule has 2 heterocycles. The average Bonchev–Trinajstić information content (AvgIpc) is 2.98. The fourth-order valence-corrected chi connectivity index (χ4v) is 5.29. The lowest BCUT2D eigenvalue weighted by atomic mass is 10.4. The van der Waals surface area contributed by atoms with Crippen LogP contribution < -0.4 is 5.73 Å². The molecule has 0 aliphatic rings. The number of hydrogen-bond donors (Lipinski definition) is 1. The molecule has 104 valence electrons. The summed E-state index contributed by atoms with van der Waals surface area (Å²) in [5, 5.41) is 1.77. The van der Waals surface area contributed by atoms with Crippen LogP contribution in [0.2, 0.25) is 4.34 Å². The molecule has 0 aromatic carbocycles. The van der Waals surface area contributed by atoms with E-state index in [0.717, 1.165) is 10.4 Å². The SMILES string of the molecule is CN(Cc1ccc(Cl)s1)S(=O)(=O)c1cc(CN)cs1. The highest BCUT2D eigenvalue weighted by atomic mass is 35.5. The molecule has 0 spiro atoms. The van der Waals surface area contributed by atoms with Crippen molar-refractivity contribution >= 4 is 44.3 Å². The number of nitrogens with two attached hydrogens (primary N) is 1. The van der Waals surface area contributed by atoms with Crippen LogP contribution in [0, 0.1) is 0 Å². The van der Waals surface area contributed by atoms with Crippen molar-refractivity contribution in [1.29, 1.82) is 0 Å². The highest BCUT2D eigenvalue weighted by Gasteiger charge is 2.23. The molecule has 0 saturated carbocycles. The summed E-state index contributed by atoms with van der Waals surface area (Å²) in [6.07, 6.45) is 0. The number of nitrogens with zero attached hydrogens (tertiary/aromatic N) is 1. The fraction of sp³-hybridized carbons (Fsp3) is 0.273. The van der Waals surface area contributed by atoms with E-state index in [-0.39, 0.29) is 0 Å². The molecule has 0 fully saturated rings. The van der Waals surface area contributed by atoms with Crippen LogP contribution >= 0.6 is 34.3 Å². The first kappa shape index (κ1) is 15.0. The van der Waals surface area contributed by atoms with Crippen molar-refractivity contribution in [2.24, 2.45) is 5.73 Å². The molecule has 2 aromatic rings. The molecular formula is C11H13ClN2O2S3. The summed E-state index contributed by atoms with van der Waals surface area (Å²) in [6.45, 7) is 0.659. The molecule has 8 heteroatoms. The van der Waals surface area contributed by atoms with Gasteiger partial charge in [0.15, 0.2) is 0 Å². The van der Waals surface area contributed by atoms with Crippen LogP contribution in [-0.2, 0) is 23.1 Å². The second kappa shape index (κ2) is 5.90. The molecule has 19 heavy (non-hydrogen) atoms. The van der Waals surface area contributed by atoms with Crippen LogP contribution in [-0.4, -0.2) is 19.8 Å². The predicted octanol–water partition coefficient (Wildman–Crippen LogP) is 2.74. The lowest BCUT2D eigenvalue weighted by Gasteiger charge is -2.14. The molecule has 2 aromatic heterocycles. The highest BCUT2D eigenvalue weighted by molar-refractivity contribution is 7.91. The molecule has 0 radical (unpaired) electrons. The first-order valence-electron chi connectivity index (χ1n) is 5.41. The first-order valence-corrected chi connectivity index (χ1v) is 8.93. The monoisotopic (exact) mass is 336 g/mol. The van der Waals surface area contributed by atoms with Gasteiger partial charge in [0.2, 0.25) is 0 Å². The quantitative estimate of drug-likeness (QED) is 0.913. The van der Waals surface area contributed by atoms with Gasteiger partial charge in [-0.1, -0.05) is 11.6 Å². The normalized spacial score (nSPS) is 12.2. The Bertz CT molecular complexity index is 663. The third-order valence-corrected chi connectivity index (χ3v) is 7.02. The number of sulfonamides is 1. The van der Waals surface area contributed by atoms with Gasteiger partial charge >= 0.3 is 0 Å². The number of rotatable bonds is 5. The largest absolute Gasteiger partial charge is 0.326 e. The van der Waals surface area contributed by atoms with Crippen LogP contribution in [0.15, 0.2) is 27.8 Å². The summed E-state index contributed by atoms with van der Waals surface area (Å²) in [4.78, 5) is 0.909. The van der Waals surface area contributed by atoms with Gasteiger partial charge in [-0.05, 0) is 29.1 Å². The molecule has 2 N–H and O–H groups in total. The van der Waals surface area contributed by atoms with Crippen LogP contribution in [0.3, 0.4) is 0 Å². The Morgan fingerprint density at radius 2 is 2.16 bits per heavy atom. The summed E-state index contributed by atoms with van der Waals surface area (Å²) in [5.74, 6) is 0. The fourth-order valence-electron chi connectivity index (χ4n) is 1.49. The zero-order valence-corrected chi connectivity index (χ0v) is 13.4. The zero-order valence-electron chi connectivity index (χ0n) is 10.2. The molecule has 4 nitrogen and oxygen atoms in total. The maximum absolute atomic E-state index is 12.3. The molecule has 0 unspecified atom stereocenters. The minimum atomic E-state index is -3.46. The van der Waals surface area contributed by atoms with E-state index < -0.39 is 10.0 Å². The lowest BCUT2D eigenvalue weighted by Crippen LogP contribution is -2.25. The standard InChI is InChI=1S/C11H13ClN2O2S3/c1-14(6-9-2-3-10(12)18-9)19(15,16)11-4-8(5-13)7-17-11/h2-4,7H,5-6,13H2,1H3. The number of halogens is 1. The molecule has 0 saturated heterocycles. The van der Waals surface area contributed by atoms with Gasteiger partial charge in [0, 0.05) is 25.0 Å². The van der Waals surface area contributed by atoms with E-state index in [2.05, 4.69) is 0 Å². The summed E-state index contributed by atoms with van der Waals surface area (Å²) < 4.78 is 27.0. The third kappa shape index (κ3) is 3.36. The first-order chi connectivity index (χ1) is 8.93. The molecule has 0 atom stereocenters. The Kier molecular flexibility index (Phi) is 4.65. The summed E-state index contributed by atoms with van der Waals surface area (Å²) in [6, 6.07) is 5.22. The van der Waals surface area contributed by atoms with E-state index in [1.54, 1.807) is 24.6 Å². The van der Waals surface area contributed by atoms with Gasteiger partial charge in [0.05, 0.1) is 4.34 Å². The Morgan fingerprint density at radius 1 is 1.42 bits per heavy atom. The second-order valence-corrected chi connectivity index (χ2v) is 8.93. The van der Waals surface area contributed by atoms with Crippen LogP contribution in [0.1, 0.15) is 10.4 Å². The smallest absolute Gasteiger partial charge is 0.252 e. The van der Waals surface area contributed by atoms with Crippen LogP contribution in [0.4, 0.5) is 0 Å². The minimum absolute atomic E-state index is 0.315. The van der Waals surface area contributed by atoms with Crippen LogP contribution in [0.25, 0.3) is 0 Å². The van der Waals surface area contributed by atoms with Crippen molar-refractivity contribution in [3.8, 4) is 0 Å². The van der Waals surface area contributed by atoms with Crippen molar-refractivity contribution in [1.82, 2.24) is 4.31 Å². The average molecular weight is 337 g/mol. The van der Waals surface area contributed by atoms with E-state index in [0.29, 0.717) is 21.6 Å². The van der Waals surface area contributed by atoms with Crippen molar-refractivity contribution in [3.63, 3.8) is 0 Å². The third-order valence-electron chi connectivity index (χ3n) is 2.54. The Balaban J connectivity index is 2.19. The van der Waals surface area contributed by atoms with Crippen molar-refractivity contribution in [2.75, 3.05) is 7.05 Å². The molecule has 0 aliphatic carbocycles. The maximum atomic E-state index is 12.3. The molecule has 2 rings (SSSR count). The lowest BCUT2D eigenvalue weighted by molar-refractivity contribution is 0.471. The minimum Gasteiger partial charge on any atom is -0.326 e. The van der Waals surface area contributed by atoms with Crippen LogP contribution in [0.5, 0.6) is 0 Å². The Labute approximate surface area is 125 Å². The Morgan fingerprint density at radius 3 is 2.68 bits per heavy atom. The highest BCUT2D eigenvalue weighted by Crippen LogP contribution is 2.27. The molecule has 0 aliphatic heterocycles. The number of thiophene rings is 2. The van der Waals surface area contributed by atoms with Crippen molar-refractivity contribution < 1.29 is 8.42 Å². The summed E-state index contributed by atoms with van der Waals surface area (Å²) >= 11 is 8.41. The van der Waals surface area contributed by atoms with Gasteiger partial charge in [-0.25, -0.2) is 8.42 Å². The summed E-state index contributed by atoms with van der Waals surface area (Å²) in [7, 11) is -1.90. The predicted molar refractivity (Wildman–Crippen MR) is 80.2 cm³/mol. The van der Waals surface area contributed by atoms with E-state index in [9.17, 15) is 8.42 Å². The van der Waals surface area contributed by atoms with Gasteiger partial charge in [-0.3, -0.25) is 0 Å². The Hall–Kier alpha value is -0.440. The van der Waals surface area contributed by atoms with Crippen molar-refractivity contribution in [3.05, 3.63) is 38.4 Å². The van der Waals surface area contributed by atoms with Gasteiger partial charge in [0.25, 0.3) is 10.0 Å². The van der Waals surface area contributed by atoms with E-state index in [4.69, 9.17) is 17.3 Å². The van der Waals surface area contributed by atoms with E-state index >= 15 is 0 Å². The van der Waals surface area contributed by atoms with E-state index in [1.807, 2.05) is 6.07 Å². The second-order valence-electron chi connectivity index (χ2n) is 3.95. The van der Waals surface area contributed by atoms with Crippen molar-refractivity contribution in [2.45, 2.75) is 17.3 Å². The van der Waals surface area contributed by atoms with E-state index in [1.165, 1.54) is 27.0 Å². The van der Waals surface area contributed by atoms with Gasteiger partial charge in [-0.15, -0.1) is 22.7 Å². The molecule has 0 bridgehead atoms. The van der Waals surface area contributed by atoms with Gasteiger partial charge in [-0.2, -0.15) is 4.31 Å². The zero-order chi connectivity index (χ0) is 14.0. The number of hydrogen-bond acceptors (Lipinski definition) is 5. The van der Waals surface area contributed by atoms with Gasteiger partial charge < -0.3 is 5.73 Å². The topological polar surface area (TPSA) is 63.4 Å².